The van der Waals surface area contributed by atoms with Gasteiger partial charge < -0.3 is 9.73 Å². The lowest BCUT2D eigenvalue weighted by Crippen LogP contribution is -1.83. The van der Waals surface area contributed by atoms with Crippen LogP contribution in [-0.4, -0.2) is 12.0 Å². The van der Waals surface area contributed by atoms with E-state index in [1.54, 1.807) is 17.6 Å². The summed E-state index contributed by atoms with van der Waals surface area (Å²) in [5.41, 5.74) is 0. The molecule has 2 aromatic heterocycles. The number of hydrogen-bond donors (Lipinski definition) is 1. The van der Waals surface area contributed by atoms with Gasteiger partial charge in [-0.15, -0.1) is 11.3 Å². The first-order chi connectivity index (χ1) is 6.38. The first-order valence-corrected chi connectivity index (χ1v) is 4.85. The van der Waals surface area contributed by atoms with Crippen molar-refractivity contribution in [3.05, 3.63) is 35.2 Å². The minimum Gasteiger partial charge on any atom is -0.469 e. The molecule has 1 N–H and O–H groups in total. The minimum atomic E-state index is 0.826. The highest BCUT2D eigenvalue weighted by molar-refractivity contribution is 7.15. The predicted molar refractivity (Wildman–Crippen MR) is 53.2 cm³/mol. The molecule has 13 heavy (non-hydrogen) atoms. The van der Waals surface area contributed by atoms with E-state index in [9.17, 15) is 0 Å². The Morgan fingerprint density at radius 2 is 2.54 bits per heavy atom. The quantitative estimate of drug-likeness (QED) is 0.815. The van der Waals surface area contributed by atoms with Crippen LogP contribution < -0.4 is 5.32 Å². The van der Waals surface area contributed by atoms with Crippen LogP contribution in [-0.2, 0) is 6.42 Å². The average Bonchev–Trinajstić information content (AvgIpc) is 2.76. The smallest absolute Gasteiger partial charge is 0.182 e. The van der Waals surface area contributed by atoms with Crippen molar-refractivity contribution in [3.63, 3.8) is 0 Å². The predicted octanol–water partition coefficient (Wildman–Crippen LogP) is 2.37. The summed E-state index contributed by atoms with van der Waals surface area (Å²) >= 11 is 1.65. The SMILES string of the molecule is CNc1ncc(Cc2ccco2)s1. The number of furan rings is 1. The van der Waals surface area contributed by atoms with E-state index in [4.69, 9.17) is 4.42 Å². The molecule has 0 saturated heterocycles. The van der Waals surface area contributed by atoms with E-state index in [0.29, 0.717) is 0 Å². The van der Waals surface area contributed by atoms with Crippen molar-refractivity contribution in [1.82, 2.24) is 4.98 Å². The lowest BCUT2D eigenvalue weighted by Gasteiger charge is -1.90. The first kappa shape index (κ1) is 8.31. The van der Waals surface area contributed by atoms with E-state index in [0.717, 1.165) is 17.3 Å². The normalized spacial score (nSPS) is 10.2. The van der Waals surface area contributed by atoms with Gasteiger partial charge in [0.2, 0.25) is 0 Å². The van der Waals surface area contributed by atoms with Gasteiger partial charge >= 0.3 is 0 Å². The van der Waals surface area contributed by atoms with Crippen LogP contribution in [0.2, 0.25) is 0 Å². The summed E-state index contributed by atoms with van der Waals surface area (Å²) < 4.78 is 5.24. The third-order valence-electron chi connectivity index (χ3n) is 1.70. The van der Waals surface area contributed by atoms with Crippen molar-refractivity contribution >= 4 is 16.5 Å². The monoisotopic (exact) mass is 194 g/mol. The van der Waals surface area contributed by atoms with Gasteiger partial charge in [-0.3, -0.25) is 0 Å². The number of rotatable bonds is 3. The fraction of sp³-hybridized carbons (Fsp3) is 0.222. The molecule has 3 nitrogen and oxygen atoms in total. The molecule has 0 aromatic carbocycles. The molecule has 4 heteroatoms. The lowest BCUT2D eigenvalue weighted by atomic mass is 10.3. The second-order valence-electron chi connectivity index (χ2n) is 2.64. The molecule has 0 aliphatic carbocycles. The van der Waals surface area contributed by atoms with Crippen molar-refractivity contribution in [2.24, 2.45) is 0 Å². The molecule has 0 amide bonds. The van der Waals surface area contributed by atoms with E-state index in [2.05, 4.69) is 10.3 Å². The number of hydrogen-bond acceptors (Lipinski definition) is 4. The van der Waals surface area contributed by atoms with Crippen molar-refractivity contribution in [3.8, 4) is 0 Å². The number of nitrogens with zero attached hydrogens (tertiary/aromatic N) is 1. The zero-order valence-electron chi connectivity index (χ0n) is 7.28. The van der Waals surface area contributed by atoms with Crippen LogP contribution in [0, 0.1) is 0 Å². The van der Waals surface area contributed by atoms with Gasteiger partial charge in [0.15, 0.2) is 5.13 Å². The maximum atomic E-state index is 5.24. The second kappa shape index (κ2) is 3.62. The fourth-order valence-corrected chi connectivity index (χ4v) is 1.87. The summed E-state index contributed by atoms with van der Waals surface area (Å²) in [6.45, 7) is 0. The number of nitrogens with one attached hydrogen (secondary N) is 1. The van der Waals surface area contributed by atoms with Gasteiger partial charge in [0, 0.05) is 24.5 Å². The standard InChI is InChI=1S/C9H10N2OS/c1-10-9-11-6-8(13-9)5-7-3-2-4-12-7/h2-4,6H,5H2,1H3,(H,10,11). The van der Waals surface area contributed by atoms with Crippen molar-refractivity contribution < 1.29 is 4.42 Å². The number of thiazole rings is 1. The van der Waals surface area contributed by atoms with Gasteiger partial charge in [-0.1, -0.05) is 0 Å². The van der Waals surface area contributed by atoms with E-state index in [1.165, 1.54) is 4.88 Å². The second-order valence-corrected chi connectivity index (χ2v) is 3.75. The first-order valence-electron chi connectivity index (χ1n) is 4.03. The summed E-state index contributed by atoms with van der Waals surface area (Å²) in [6, 6.07) is 3.87. The Balaban J connectivity index is 2.10. The molecule has 0 fully saturated rings. The molecular weight excluding hydrogens is 184 g/mol. The highest BCUT2D eigenvalue weighted by Gasteiger charge is 2.02. The van der Waals surface area contributed by atoms with Crippen LogP contribution in [0.3, 0.4) is 0 Å². The molecule has 0 bridgehead atoms. The van der Waals surface area contributed by atoms with Crippen molar-refractivity contribution in [2.45, 2.75) is 6.42 Å². The van der Waals surface area contributed by atoms with Crippen LogP contribution >= 0.6 is 11.3 Å². The van der Waals surface area contributed by atoms with Crippen LogP contribution in [0.5, 0.6) is 0 Å². The summed E-state index contributed by atoms with van der Waals surface area (Å²) in [5.74, 6) is 0.978. The summed E-state index contributed by atoms with van der Waals surface area (Å²) in [7, 11) is 1.87. The molecule has 68 valence electrons. The van der Waals surface area contributed by atoms with E-state index < -0.39 is 0 Å². The Hall–Kier alpha value is -1.29. The summed E-state index contributed by atoms with van der Waals surface area (Å²) in [5, 5.41) is 3.95. The molecule has 0 aliphatic heterocycles. The molecule has 0 spiro atoms. The average molecular weight is 194 g/mol. The third-order valence-corrected chi connectivity index (χ3v) is 2.71. The van der Waals surface area contributed by atoms with Crippen LogP contribution in [0.1, 0.15) is 10.6 Å². The molecule has 0 aliphatic rings. The van der Waals surface area contributed by atoms with Crippen LogP contribution in [0.15, 0.2) is 29.0 Å². The highest BCUT2D eigenvalue weighted by Crippen LogP contribution is 2.20. The van der Waals surface area contributed by atoms with E-state index >= 15 is 0 Å². The van der Waals surface area contributed by atoms with Gasteiger partial charge in [-0.25, -0.2) is 4.98 Å². The molecule has 0 unspecified atom stereocenters. The van der Waals surface area contributed by atoms with E-state index in [-0.39, 0.29) is 0 Å². The summed E-state index contributed by atoms with van der Waals surface area (Å²) in [6.07, 6.45) is 4.39. The van der Waals surface area contributed by atoms with Crippen LogP contribution in [0.25, 0.3) is 0 Å². The van der Waals surface area contributed by atoms with Gasteiger partial charge in [0.1, 0.15) is 5.76 Å². The Labute approximate surface area is 80.4 Å². The lowest BCUT2D eigenvalue weighted by molar-refractivity contribution is 0.522. The van der Waals surface area contributed by atoms with Crippen molar-refractivity contribution in [1.29, 1.82) is 0 Å². The number of aromatic nitrogens is 1. The van der Waals surface area contributed by atoms with Gasteiger partial charge in [-0.2, -0.15) is 0 Å². The molecule has 0 atom stereocenters. The fourth-order valence-electron chi connectivity index (χ4n) is 1.09. The largest absolute Gasteiger partial charge is 0.469 e. The Morgan fingerprint density at radius 1 is 1.62 bits per heavy atom. The van der Waals surface area contributed by atoms with Crippen molar-refractivity contribution in [2.75, 3.05) is 12.4 Å². The van der Waals surface area contributed by atoms with Gasteiger partial charge in [-0.05, 0) is 12.1 Å². The molecule has 2 rings (SSSR count). The molecule has 2 aromatic rings. The van der Waals surface area contributed by atoms with Gasteiger partial charge in [0.25, 0.3) is 0 Å². The molecule has 2 heterocycles. The third kappa shape index (κ3) is 1.89. The zero-order chi connectivity index (χ0) is 9.10. The Morgan fingerprint density at radius 3 is 3.15 bits per heavy atom. The zero-order valence-corrected chi connectivity index (χ0v) is 8.10. The van der Waals surface area contributed by atoms with Crippen LogP contribution in [0.4, 0.5) is 5.13 Å². The Bertz CT molecular complexity index is 367. The molecular formula is C9H10N2OS. The minimum absolute atomic E-state index is 0.826. The van der Waals surface area contributed by atoms with Gasteiger partial charge in [0.05, 0.1) is 6.26 Å². The topological polar surface area (TPSA) is 38.1 Å². The summed E-state index contributed by atoms with van der Waals surface area (Å²) in [4.78, 5) is 5.39. The maximum Gasteiger partial charge on any atom is 0.182 e. The number of anilines is 1. The van der Waals surface area contributed by atoms with E-state index in [1.807, 2.05) is 25.4 Å². The molecule has 0 radical (unpaired) electrons. The highest BCUT2D eigenvalue weighted by atomic mass is 32.1. The molecule has 0 saturated carbocycles. The Kier molecular flexibility index (Phi) is 2.31. The maximum absolute atomic E-state index is 5.24.